The molecule has 0 bridgehead atoms. The predicted octanol–water partition coefficient (Wildman–Crippen LogP) is 2.25. The predicted molar refractivity (Wildman–Crippen MR) is 64.2 cm³/mol. The molecule has 0 saturated heterocycles. The highest BCUT2D eigenvalue weighted by atomic mass is 19.1. The van der Waals surface area contributed by atoms with E-state index in [-0.39, 0.29) is 11.4 Å². The second-order valence-electron chi connectivity index (χ2n) is 4.30. The molecule has 0 aliphatic heterocycles. The van der Waals surface area contributed by atoms with Crippen molar-refractivity contribution in [3.8, 4) is 5.75 Å². The lowest BCUT2D eigenvalue weighted by atomic mass is 10.3. The fourth-order valence-electron chi connectivity index (χ4n) is 1.60. The first-order chi connectivity index (χ1) is 8.66. The van der Waals surface area contributed by atoms with Crippen molar-refractivity contribution in [1.82, 2.24) is 5.32 Å². The second kappa shape index (κ2) is 5.77. The molecule has 0 unspecified atom stereocenters. The van der Waals surface area contributed by atoms with Crippen LogP contribution in [0.4, 0.5) is 10.1 Å². The number of benzene rings is 1. The third kappa shape index (κ3) is 3.66. The van der Waals surface area contributed by atoms with Gasteiger partial charge in [-0.15, -0.1) is 0 Å². The highest BCUT2D eigenvalue weighted by Gasteiger charge is 2.19. The largest absolute Gasteiger partial charge is 0.487 e. The number of halogens is 1. The van der Waals surface area contributed by atoms with Crippen LogP contribution in [0, 0.1) is 15.9 Å². The van der Waals surface area contributed by atoms with E-state index in [1.165, 1.54) is 18.9 Å². The maximum atomic E-state index is 12.9. The summed E-state index contributed by atoms with van der Waals surface area (Å²) < 4.78 is 18.2. The molecule has 1 N–H and O–H groups in total. The number of hydrogen-bond donors (Lipinski definition) is 1. The molecule has 1 aliphatic rings. The van der Waals surface area contributed by atoms with Crippen LogP contribution in [-0.2, 0) is 0 Å². The van der Waals surface area contributed by atoms with Gasteiger partial charge in [0.15, 0.2) is 5.75 Å². The molecule has 0 spiro atoms. The number of rotatable bonds is 7. The molecule has 0 atom stereocenters. The second-order valence-corrected chi connectivity index (χ2v) is 4.30. The molecule has 1 saturated carbocycles. The monoisotopic (exact) mass is 254 g/mol. The molecule has 1 fully saturated rings. The van der Waals surface area contributed by atoms with Crippen LogP contribution in [-0.4, -0.2) is 24.1 Å². The zero-order valence-electron chi connectivity index (χ0n) is 9.89. The van der Waals surface area contributed by atoms with E-state index in [1.54, 1.807) is 0 Å². The molecule has 18 heavy (non-hydrogen) atoms. The minimum absolute atomic E-state index is 0.118. The standard InChI is InChI=1S/C12H15FN2O3/c13-9-2-5-12(11(8-9)15(16)17)18-7-1-6-14-10-3-4-10/h2,5,8,10,14H,1,3-4,6-7H2. The molecule has 1 aromatic rings. The van der Waals surface area contributed by atoms with Gasteiger partial charge < -0.3 is 10.1 Å². The van der Waals surface area contributed by atoms with Crippen LogP contribution in [0.25, 0.3) is 0 Å². The topological polar surface area (TPSA) is 64.4 Å². The lowest BCUT2D eigenvalue weighted by molar-refractivity contribution is -0.386. The van der Waals surface area contributed by atoms with Crippen molar-refractivity contribution < 1.29 is 14.1 Å². The first-order valence-corrected chi connectivity index (χ1v) is 5.97. The number of nitrogens with zero attached hydrogens (tertiary/aromatic N) is 1. The summed E-state index contributed by atoms with van der Waals surface area (Å²) in [4.78, 5) is 10.1. The maximum absolute atomic E-state index is 12.9. The fraction of sp³-hybridized carbons (Fsp3) is 0.500. The molecular weight excluding hydrogens is 239 g/mol. The Bertz CT molecular complexity index is 435. The molecule has 1 aliphatic carbocycles. The molecule has 0 heterocycles. The van der Waals surface area contributed by atoms with Gasteiger partial charge in [0.1, 0.15) is 5.82 Å². The molecule has 1 aromatic carbocycles. The van der Waals surface area contributed by atoms with Crippen LogP contribution < -0.4 is 10.1 Å². The Morgan fingerprint density at radius 3 is 2.94 bits per heavy atom. The van der Waals surface area contributed by atoms with Gasteiger partial charge in [-0.1, -0.05) is 0 Å². The van der Waals surface area contributed by atoms with Crippen LogP contribution in [0.5, 0.6) is 5.75 Å². The lowest BCUT2D eigenvalue weighted by Gasteiger charge is -2.07. The molecule has 0 aromatic heterocycles. The average Bonchev–Trinajstić information content (AvgIpc) is 3.14. The smallest absolute Gasteiger partial charge is 0.313 e. The van der Waals surface area contributed by atoms with E-state index in [1.807, 2.05) is 0 Å². The molecule has 0 amide bonds. The molecule has 2 rings (SSSR count). The Morgan fingerprint density at radius 2 is 2.28 bits per heavy atom. The summed E-state index contributed by atoms with van der Waals surface area (Å²) in [5, 5.41) is 14.0. The SMILES string of the molecule is O=[N+]([O-])c1cc(F)ccc1OCCCNC1CC1. The lowest BCUT2D eigenvalue weighted by Crippen LogP contribution is -2.19. The quantitative estimate of drug-likeness (QED) is 0.460. The molecule has 0 radical (unpaired) electrons. The Morgan fingerprint density at radius 1 is 1.50 bits per heavy atom. The zero-order chi connectivity index (χ0) is 13.0. The number of ether oxygens (including phenoxy) is 1. The summed E-state index contributed by atoms with van der Waals surface area (Å²) in [6.45, 7) is 1.21. The molecule has 6 heteroatoms. The van der Waals surface area contributed by atoms with Gasteiger partial charge in [-0.2, -0.15) is 0 Å². The van der Waals surface area contributed by atoms with Crippen LogP contribution in [0.3, 0.4) is 0 Å². The van der Waals surface area contributed by atoms with Gasteiger partial charge in [0, 0.05) is 6.04 Å². The Kier molecular flexibility index (Phi) is 4.09. The molecule has 98 valence electrons. The van der Waals surface area contributed by atoms with E-state index in [2.05, 4.69) is 5.32 Å². The van der Waals surface area contributed by atoms with Gasteiger partial charge in [-0.05, 0) is 37.9 Å². The zero-order valence-corrected chi connectivity index (χ0v) is 9.89. The van der Waals surface area contributed by atoms with Crippen LogP contribution in [0.2, 0.25) is 0 Å². The Labute approximate surface area is 104 Å². The maximum Gasteiger partial charge on any atom is 0.313 e. The van der Waals surface area contributed by atoms with Crippen molar-refractivity contribution in [1.29, 1.82) is 0 Å². The van der Waals surface area contributed by atoms with E-state index in [0.717, 1.165) is 25.1 Å². The van der Waals surface area contributed by atoms with Crippen molar-refractivity contribution >= 4 is 5.69 Å². The summed E-state index contributed by atoms with van der Waals surface area (Å²) >= 11 is 0. The van der Waals surface area contributed by atoms with E-state index >= 15 is 0 Å². The summed E-state index contributed by atoms with van der Waals surface area (Å²) in [6, 6.07) is 3.97. The first-order valence-electron chi connectivity index (χ1n) is 5.97. The van der Waals surface area contributed by atoms with E-state index in [0.29, 0.717) is 12.6 Å². The summed E-state index contributed by atoms with van der Waals surface area (Å²) in [5.41, 5.74) is -0.329. The summed E-state index contributed by atoms with van der Waals surface area (Å²) in [5.74, 6) is -0.516. The average molecular weight is 254 g/mol. The van der Waals surface area contributed by atoms with Crippen LogP contribution in [0.15, 0.2) is 18.2 Å². The van der Waals surface area contributed by atoms with Crippen molar-refractivity contribution in [2.45, 2.75) is 25.3 Å². The van der Waals surface area contributed by atoms with Gasteiger partial charge in [0.2, 0.25) is 0 Å². The van der Waals surface area contributed by atoms with Crippen molar-refractivity contribution in [3.05, 3.63) is 34.1 Å². The third-order valence-electron chi connectivity index (χ3n) is 2.71. The van der Waals surface area contributed by atoms with Crippen molar-refractivity contribution in [2.24, 2.45) is 0 Å². The van der Waals surface area contributed by atoms with Gasteiger partial charge in [0.05, 0.1) is 17.6 Å². The minimum atomic E-state index is -0.638. The number of hydrogen-bond acceptors (Lipinski definition) is 4. The van der Waals surface area contributed by atoms with Gasteiger partial charge >= 0.3 is 5.69 Å². The first kappa shape index (κ1) is 12.8. The highest BCUT2D eigenvalue weighted by Crippen LogP contribution is 2.27. The van der Waals surface area contributed by atoms with Crippen molar-refractivity contribution in [2.75, 3.05) is 13.2 Å². The van der Waals surface area contributed by atoms with Crippen LogP contribution in [0.1, 0.15) is 19.3 Å². The van der Waals surface area contributed by atoms with Crippen LogP contribution >= 0.6 is 0 Å². The molecular formula is C12H15FN2O3. The van der Waals surface area contributed by atoms with Gasteiger partial charge in [0.25, 0.3) is 0 Å². The van der Waals surface area contributed by atoms with E-state index < -0.39 is 10.7 Å². The number of nitro benzene ring substituents is 1. The highest BCUT2D eigenvalue weighted by molar-refractivity contribution is 5.46. The summed E-state index contributed by atoms with van der Waals surface area (Å²) in [6.07, 6.45) is 3.22. The van der Waals surface area contributed by atoms with E-state index in [4.69, 9.17) is 4.74 Å². The Balaban J connectivity index is 1.81. The van der Waals surface area contributed by atoms with E-state index in [9.17, 15) is 14.5 Å². The minimum Gasteiger partial charge on any atom is -0.487 e. The Hall–Kier alpha value is -1.69. The van der Waals surface area contributed by atoms with Gasteiger partial charge in [-0.25, -0.2) is 4.39 Å². The third-order valence-corrected chi connectivity index (χ3v) is 2.71. The summed E-state index contributed by atoms with van der Waals surface area (Å²) in [7, 11) is 0. The normalized spacial score (nSPS) is 14.5. The van der Waals surface area contributed by atoms with Gasteiger partial charge in [-0.3, -0.25) is 10.1 Å². The number of nitro groups is 1. The molecule has 5 nitrogen and oxygen atoms in total. The fourth-order valence-corrected chi connectivity index (χ4v) is 1.60. The number of nitrogens with one attached hydrogen (secondary N) is 1. The van der Waals surface area contributed by atoms with Crippen molar-refractivity contribution in [3.63, 3.8) is 0 Å².